The van der Waals surface area contributed by atoms with E-state index in [1.165, 1.54) is 4.90 Å². The van der Waals surface area contributed by atoms with Gasteiger partial charge in [0.25, 0.3) is 5.91 Å². The van der Waals surface area contributed by atoms with E-state index in [1.807, 2.05) is 30.3 Å². The summed E-state index contributed by atoms with van der Waals surface area (Å²) in [6.07, 6.45) is -0.661. The van der Waals surface area contributed by atoms with Crippen LogP contribution in [-0.2, 0) is 9.59 Å². The molecule has 2 N–H and O–H groups in total. The highest BCUT2D eigenvalue weighted by Gasteiger charge is 2.39. The number of amides is 2. The fourth-order valence-corrected chi connectivity index (χ4v) is 2.84. The first-order valence-electron chi connectivity index (χ1n) is 8.07. The van der Waals surface area contributed by atoms with Gasteiger partial charge in [-0.25, -0.2) is 4.90 Å². The SMILES string of the molecule is COc1ccc(N2C(=O)C[C@H](NC[C@H](O)c3ccccc3)C2=O)cc1. The Morgan fingerprint density at radius 1 is 1.16 bits per heavy atom. The number of carbonyl (C=O) groups is 2. The van der Waals surface area contributed by atoms with Crippen molar-refractivity contribution < 1.29 is 19.4 Å². The van der Waals surface area contributed by atoms with Crippen LogP contribution in [0.1, 0.15) is 18.1 Å². The van der Waals surface area contributed by atoms with Gasteiger partial charge in [-0.3, -0.25) is 9.59 Å². The molecule has 1 aliphatic heterocycles. The average Bonchev–Trinajstić information content (AvgIpc) is 2.94. The number of carbonyl (C=O) groups excluding carboxylic acids is 2. The molecule has 25 heavy (non-hydrogen) atoms. The van der Waals surface area contributed by atoms with Crippen molar-refractivity contribution in [2.75, 3.05) is 18.6 Å². The molecule has 2 atom stereocenters. The second-order valence-corrected chi connectivity index (χ2v) is 5.86. The van der Waals surface area contributed by atoms with Crippen LogP contribution in [0.4, 0.5) is 5.69 Å². The number of aliphatic hydroxyl groups excluding tert-OH is 1. The summed E-state index contributed by atoms with van der Waals surface area (Å²) >= 11 is 0. The number of methoxy groups -OCH3 is 1. The summed E-state index contributed by atoms with van der Waals surface area (Å²) < 4.78 is 5.09. The van der Waals surface area contributed by atoms with Crippen molar-refractivity contribution >= 4 is 17.5 Å². The number of ether oxygens (including phenoxy) is 1. The second-order valence-electron chi connectivity index (χ2n) is 5.86. The zero-order valence-corrected chi connectivity index (χ0v) is 13.9. The van der Waals surface area contributed by atoms with Crippen molar-refractivity contribution in [3.8, 4) is 5.75 Å². The highest BCUT2D eigenvalue weighted by atomic mass is 16.5. The first kappa shape index (κ1) is 17.1. The Bertz CT molecular complexity index is 746. The smallest absolute Gasteiger partial charge is 0.251 e. The van der Waals surface area contributed by atoms with Crippen molar-refractivity contribution in [3.63, 3.8) is 0 Å². The Morgan fingerprint density at radius 3 is 2.48 bits per heavy atom. The molecule has 2 aromatic rings. The van der Waals surface area contributed by atoms with E-state index >= 15 is 0 Å². The summed E-state index contributed by atoms with van der Waals surface area (Å²) in [5.41, 5.74) is 1.28. The standard InChI is InChI=1S/C19H20N2O4/c1-25-15-9-7-14(8-10-15)21-18(23)11-16(19(21)24)20-12-17(22)13-5-3-2-4-6-13/h2-10,16-17,20,22H,11-12H2,1H3/t16-,17-/m0/s1. The van der Waals surface area contributed by atoms with Crippen LogP contribution in [0.3, 0.4) is 0 Å². The quantitative estimate of drug-likeness (QED) is 0.782. The van der Waals surface area contributed by atoms with Crippen molar-refractivity contribution in [2.24, 2.45) is 0 Å². The minimum absolute atomic E-state index is 0.0758. The molecule has 2 aromatic carbocycles. The van der Waals surface area contributed by atoms with Gasteiger partial charge >= 0.3 is 0 Å². The maximum atomic E-state index is 12.5. The van der Waals surface area contributed by atoms with E-state index in [4.69, 9.17) is 4.74 Å². The molecule has 0 spiro atoms. The van der Waals surface area contributed by atoms with E-state index in [2.05, 4.69) is 5.32 Å². The van der Waals surface area contributed by atoms with Crippen molar-refractivity contribution in [1.29, 1.82) is 0 Å². The third-order valence-corrected chi connectivity index (χ3v) is 4.22. The van der Waals surface area contributed by atoms with Crippen molar-refractivity contribution in [1.82, 2.24) is 5.32 Å². The number of anilines is 1. The van der Waals surface area contributed by atoms with Gasteiger partial charge in [0.15, 0.2) is 0 Å². The lowest BCUT2D eigenvalue weighted by atomic mass is 10.1. The molecule has 1 aliphatic rings. The van der Waals surface area contributed by atoms with E-state index in [9.17, 15) is 14.7 Å². The summed E-state index contributed by atoms with van der Waals surface area (Å²) in [4.78, 5) is 26.0. The molecular formula is C19H20N2O4. The van der Waals surface area contributed by atoms with E-state index < -0.39 is 12.1 Å². The zero-order chi connectivity index (χ0) is 17.8. The Balaban J connectivity index is 1.64. The minimum atomic E-state index is -0.737. The molecule has 6 nitrogen and oxygen atoms in total. The van der Waals surface area contributed by atoms with Crippen LogP contribution in [-0.4, -0.2) is 36.6 Å². The van der Waals surface area contributed by atoms with Gasteiger partial charge in [0.2, 0.25) is 5.91 Å². The van der Waals surface area contributed by atoms with Crippen LogP contribution in [0.2, 0.25) is 0 Å². The summed E-state index contributed by atoms with van der Waals surface area (Å²) in [5.74, 6) is 0.0841. The van der Waals surface area contributed by atoms with E-state index in [-0.39, 0.29) is 24.8 Å². The van der Waals surface area contributed by atoms with Gasteiger partial charge in [-0.1, -0.05) is 30.3 Å². The minimum Gasteiger partial charge on any atom is -0.497 e. The van der Waals surface area contributed by atoms with E-state index in [0.29, 0.717) is 11.4 Å². The third kappa shape index (κ3) is 3.70. The van der Waals surface area contributed by atoms with Crippen LogP contribution in [0.25, 0.3) is 0 Å². The van der Waals surface area contributed by atoms with Gasteiger partial charge in [-0.05, 0) is 29.8 Å². The number of nitrogens with zero attached hydrogens (tertiary/aromatic N) is 1. The number of rotatable bonds is 6. The summed E-state index contributed by atoms with van der Waals surface area (Å²) in [7, 11) is 1.55. The summed E-state index contributed by atoms with van der Waals surface area (Å²) in [6.45, 7) is 0.199. The second kappa shape index (κ2) is 7.46. The molecule has 6 heteroatoms. The molecule has 0 aromatic heterocycles. The average molecular weight is 340 g/mol. The maximum absolute atomic E-state index is 12.5. The van der Waals surface area contributed by atoms with Crippen LogP contribution < -0.4 is 15.0 Å². The van der Waals surface area contributed by atoms with Crippen LogP contribution in [0.5, 0.6) is 5.75 Å². The zero-order valence-electron chi connectivity index (χ0n) is 13.9. The number of aliphatic hydroxyl groups is 1. The molecule has 0 aliphatic carbocycles. The van der Waals surface area contributed by atoms with Gasteiger partial charge in [0, 0.05) is 6.54 Å². The van der Waals surface area contributed by atoms with Gasteiger partial charge in [0.1, 0.15) is 5.75 Å². The highest BCUT2D eigenvalue weighted by molar-refractivity contribution is 6.22. The Kier molecular flexibility index (Phi) is 5.11. The monoisotopic (exact) mass is 340 g/mol. The maximum Gasteiger partial charge on any atom is 0.251 e. The van der Waals surface area contributed by atoms with E-state index in [1.54, 1.807) is 31.4 Å². The number of imide groups is 1. The van der Waals surface area contributed by atoms with E-state index in [0.717, 1.165) is 5.56 Å². The molecule has 1 heterocycles. The van der Waals surface area contributed by atoms with Crippen molar-refractivity contribution in [2.45, 2.75) is 18.6 Å². The lowest BCUT2D eigenvalue weighted by Crippen LogP contribution is -2.40. The van der Waals surface area contributed by atoms with Crippen LogP contribution >= 0.6 is 0 Å². The summed E-state index contributed by atoms with van der Waals surface area (Å²) in [5, 5.41) is 13.2. The molecule has 1 saturated heterocycles. The Morgan fingerprint density at radius 2 is 1.84 bits per heavy atom. The fraction of sp³-hybridized carbons (Fsp3) is 0.263. The number of nitrogens with one attached hydrogen (secondary N) is 1. The molecular weight excluding hydrogens is 320 g/mol. The first-order chi connectivity index (χ1) is 12.1. The highest BCUT2D eigenvalue weighted by Crippen LogP contribution is 2.25. The summed E-state index contributed by atoms with van der Waals surface area (Å²) in [6, 6.07) is 15.3. The molecule has 2 amide bonds. The largest absolute Gasteiger partial charge is 0.497 e. The molecule has 130 valence electrons. The topological polar surface area (TPSA) is 78.9 Å². The predicted octanol–water partition coefficient (Wildman–Crippen LogP) is 1.65. The molecule has 0 unspecified atom stereocenters. The van der Waals surface area contributed by atoms with Gasteiger partial charge < -0.3 is 15.2 Å². The van der Waals surface area contributed by atoms with Crippen LogP contribution in [0.15, 0.2) is 54.6 Å². The normalized spacial score (nSPS) is 18.5. The lowest BCUT2D eigenvalue weighted by Gasteiger charge is -2.17. The molecule has 0 bridgehead atoms. The lowest BCUT2D eigenvalue weighted by molar-refractivity contribution is -0.121. The molecule has 0 saturated carbocycles. The van der Waals surface area contributed by atoms with Crippen molar-refractivity contribution in [3.05, 3.63) is 60.2 Å². The number of hydrogen-bond acceptors (Lipinski definition) is 5. The first-order valence-corrected chi connectivity index (χ1v) is 8.07. The molecule has 0 radical (unpaired) electrons. The molecule has 1 fully saturated rings. The predicted molar refractivity (Wildman–Crippen MR) is 93.3 cm³/mol. The van der Waals surface area contributed by atoms with Gasteiger partial charge in [-0.2, -0.15) is 0 Å². The Labute approximate surface area is 146 Å². The van der Waals surface area contributed by atoms with Crippen LogP contribution in [0, 0.1) is 0 Å². The van der Waals surface area contributed by atoms with Gasteiger partial charge in [0.05, 0.1) is 31.4 Å². The molecule has 3 rings (SSSR count). The Hall–Kier alpha value is -2.70. The third-order valence-electron chi connectivity index (χ3n) is 4.22. The van der Waals surface area contributed by atoms with Gasteiger partial charge in [-0.15, -0.1) is 0 Å². The number of hydrogen-bond donors (Lipinski definition) is 2. The number of benzene rings is 2. The fourth-order valence-electron chi connectivity index (χ4n) is 2.84.